The van der Waals surface area contributed by atoms with Crippen molar-refractivity contribution in [1.29, 1.82) is 0 Å². The molecule has 0 aromatic carbocycles. The van der Waals surface area contributed by atoms with Gasteiger partial charge in [-0.1, -0.05) is 0 Å². The van der Waals surface area contributed by atoms with Crippen LogP contribution in [0.15, 0.2) is 0 Å². The molecule has 13 heavy (non-hydrogen) atoms. The fourth-order valence-corrected chi connectivity index (χ4v) is 0.372. The normalized spacial score (nSPS) is 12.5. The molecule has 0 amide bonds. The molecular formula is C3H2F5O5. The van der Waals surface area contributed by atoms with E-state index < -0.39 is 18.7 Å². The van der Waals surface area contributed by atoms with Crippen molar-refractivity contribution in [3.8, 4) is 0 Å². The van der Waals surface area contributed by atoms with Crippen LogP contribution in [0.4, 0.5) is 22.6 Å². The Bertz CT molecular complexity index is 123. The summed E-state index contributed by atoms with van der Waals surface area (Å²) in [5, 5.41) is 0. The van der Waals surface area contributed by atoms with Crippen LogP contribution in [0.25, 0.3) is 0 Å². The highest BCUT2D eigenvalue weighted by atomic mass is 19.3. The molecular weight excluding hydrogens is 211 g/mol. The van der Waals surface area contributed by atoms with E-state index in [-0.39, 0.29) is 0 Å². The summed E-state index contributed by atoms with van der Waals surface area (Å²) in [6.45, 7) is -1.52. The van der Waals surface area contributed by atoms with Crippen LogP contribution < -0.4 is 0 Å². The predicted molar refractivity (Wildman–Crippen MR) is 21.8 cm³/mol. The number of rotatable bonds is 7. The Morgan fingerprint density at radius 2 is 1.38 bits per heavy atom. The summed E-state index contributed by atoms with van der Waals surface area (Å²) in [6.07, 6.45) is -1.75. The summed E-state index contributed by atoms with van der Waals surface area (Å²) >= 11 is 0. The SMILES string of the molecule is FOC[C](OF)C(OF)(OF)OF. The molecule has 0 spiro atoms. The van der Waals surface area contributed by atoms with E-state index in [1.165, 1.54) is 0 Å². The number of hydrogen-bond donors (Lipinski definition) is 0. The van der Waals surface area contributed by atoms with E-state index >= 15 is 0 Å². The second-order valence-corrected chi connectivity index (χ2v) is 1.54. The molecule has 0 bridgehead atoms. The van der Waals surface area contributed by atoms with E-state index in [1.807, 2.05) is 0 Å². The highest BCUT2D eigenvalue weighted by Crippen LogP contribution is 2.30. The lowest BCUT2D eigenvalue weighted by molar-refractivity contribution is -0.557. The third-order valence-corrected chi connectivity index (χ3v) is 0.925. The zero-order chi connectivity index (χ0) is 10.3. The van der Waals surface area contributed by atoms with Crippen molar-refractivity contribution in [3.05, 3.63) is 6.10 Å². The summed E-state index contributed by atoms with van der Waals surface area (Å²) in [5.74, 6) is -3.90. The average molecular weight is 213 g/mol. The van der Waals surface area contributed by atoms with Gasteiger partial charge in [-0.2, -0.15) is 9.88 Å². The van der Waals surface area contributed by atoms with E-state index in [0.717, 1.165) is 0 Å². The molecule has 0 atom stereocenters. The van der Waals surface area contributed by atoms with E-state index in [0.29, 0.717) is 0 Å². The predicted octanol–water partition coefficient (Wildman–Crippen LogP) is 1.68. The molecule has 0 aliphatic carbocycles. The lowest BCUT2D eigenvalue weighted by Crippen LogP contribution is -2.42. The topological polar surface area (TPSA) is 46.2 Å². The van der Waals surface area contributed by atoms with Gasteiger partial charge in [0.1, 0.15) is 6.61 Å². The monoisotopic (exact) mass is 213 g/mol. The van der Waals surface area contributed by atoms with E-state index in [2.05, 4.69) is 24.7 Å². The van der Waals surface area contributed by atoms with Crippen LogP contribution >= 0.6 is 0 Å². The van der Waals surface area contributed by atoms with Gasteiger partial charge in [0.25, 0.3) is 6.10 Å². The van der Waals surface area contributed by atoms with Gasteiger partial charge in [0.05, 0.1) is 0 Å². The van der Waals surface area contributed by atoms with Gasteiger partial charge >= 0.3 is 5.97 Å². The third-order valence-electron chi connectivity index (χ3n) is 0.925. The maximum Gasteiger partial charge on any atom is 0.418 e. The maximum absolute atomic E-state index is 11.4. The smallest absolute Gasteiger partial charge is 0.191 e. The van der Waals surface area contributed by atoms with Crippen molar-refractivity contribution in [2.45, 2.75) is 5.97 Å². The van der Waals surface area contributed by atoms with Crippen molar-refractivity contribution in [2.24, 2.45) is 0 Å². The van der Waals surface area contributed by atoms with Crippen molar-refractivity contribution in [2.75, 3.05) is 6.61 Å². The first-order chi connectivity index (χ1) is 6.20. The van der Waals surface area contributed by atoms with Crippen molar-refractivity contribution in [3.63, 3.8) is 0 Å². The summed E-state index contributed by atoms with van der Waals surface area (Å²) in [5.41, 5.74) is 0. The molecule has 5 nitrogen and oxygen atoms in total. The van der Waals surface area contributed by atoms with Crippen LogP contribution in [-0.4, -0.2) is 12.6 Å². The fourth-order valence-electron chi connectivity index (χ4n) is 0.372. The number of halogens is 5. The first-order valence-electron chi connectivity index (χ1n) is 2.48. The third kappa shape index (κ3) is 2.70. The Labute approximate surface area is 67.4 Å². The molecule has 0 rings (SSSR count). The van der Waals surface area contributed by atoms with Crippen LogP contribution in [0.1, 0.15) is 0 Å². The summed E-state index contributed by atoms with van der Waals surface area (Å²) < 4.78 is 56.6. The Kier molecular flexibility index (Phi) is 5.73. The second kappa shape index (κ2) is 5.99. The maximum atomic E-state index is 11.4. The molecule has 0 saturated heterocycles. The molecule has 79 valence electrons. The summed E-state index contributed by atoms with van der Waals surface area (Å²) in [7, 11) is 0. The van der Waals surface area contributed by atoms with Crippen LogP contribution in [0, 0.1) is 6.10 Å². The fraction of sp³-hybridized carbons (Fsp3) is 0.667. The Hall–Kier alpha value is -0.550. The van der Waals surface area contributed by atoms with Gasteiger partial charge in [-0.3, -0.25) is 0 Å². The lowest BCUT2D eigenvalue weighted by atomic mass is 10.3. The summed E-state index contributed by atoms with van der Waals surface area (Å²) in [4.78, 5) is 12.4. The lowest BCUT2D eigenvalue weighted by Gasteiger charge is -2.21. The molecule has 0 saturated carbocycles. The van der Waals surface area contributed by atoms with Gasteiger partial charge < -0.3 is 0 Å². The van der Waals surface area contributed by atoms with Gasteiger partial charge in [0.2, 0.25) is 0 Å². The first kappa shape index (κ1) is 12.4. The van der Waals surface area contributed by atoms with Crippen LogP contribution in [0.5, 0.6) is 0 Å². The zero-order valence-corrected chi connectivity index (χ0v) is 5.64. The van der Waals surface area contributed by atoms with Gasteiger partial charge in [0, 0.05) is 0 Å². The van der Waals surface area contributed by atoms with E-state index in [1.54, 1.807) is 0 Å². The Morgan fingerprint density at radius 3 is 1.62 bits per heavy atom. The van der Waals surface area contributed by atoms with E-state index in [4.69, 9.17) is 0 Å². The molecule has 0 aromatic rings. The van der Waals surface area contributed by atoms with Crippen molar-refractivity contribution < 1.29 is 47.3 Å². The Balaban J connectivity index is 4.45. The van der Waals surface area contributed by atoms with Gasteiger partial charge in [-0.05, 0) is 22.6 Å². The average Bonchev–Trinajstić information content (AvgIpc) is 2.19. The molecule has 0 aliphatic heterocycles. The highest BCUT2D eigenvalue weighted by Gasteiger charge is 2.52. The minimum absolute atomic E-state index is 1.52. The molecule has 0 fully saturated rings. The van der Waals surface area contributed by atoms with Crippen LogP contribution in [-0.2, 0) is 24.7 Å². The molecule has 0 heterocycles. The molecule has 0 unspecified atom stereocenters. The molecule has 0 aliphatic rings. The Morgan fingerprint density at radius 1 is 0.923 bits per heavy atom. The largest absolute Gasteiger partial charge is 0.418 e. The minimum atomic E-state index is -3.90. The van der Waals surface area contributed by atoms with Crippen LogP contribution in [0.2, 0.25) is 0 Å². The van der Waals surface area contributed by atoms with E-state index in [9.17, 15) is 22.6 Å². The molecule has 0 aromatic heterocycles. The molecule has 10 heteroatoms. The van der Waals surface area contributed by atoms with Gasteiger partial charge in [0.15, 0.2) is 0 Å². The standard InChI is InChI=1S/C3H2F5O5/c4-9-1-2(10-5)3(11-6,12-7)13-8/h1H2. The highest BCUT2D eigenvalue weighted by molar-refractivity contribution is 4.86. The van der Waals surface area contributed by atoms with Crippen LogP contribution in [0.3, 0.4) is 0 Å². The number of hydrogen-bond acceptors (Lipinski definition) is 5. The van der Waals surface area contributed by atoms with Gasteiger partial charge in [-0.25, -0.2) is 0 Å². The molecule has 0 N–H and O–H groups in total. The first-order valence-corrected chi connectivity index (χ1v) is 2.48. The quantitative estimate of drug-likeness (QED) is 0.475. The second-order valence-electron chi connectivity index (χ2n) is 1.54. The van der Waals surface area contributed by atoms with Crippen molar-refractivity contribution in [1.82, 2.24) is 0 Å². The zero-order valence-electron chi connectivity index (χ0n) is 5.64. The molecule has 1 radical (unpaired) electrons. The van der Waals surface area contributed by atoms with Gasteiger partial charge in [-0.15, -0.1) is 14.8 Å². The van der Waals surface area contributed by atoms with Crippen molar-refractivity contribution >= 4 is 0 Å². The minimum Gasteiger partial charge on any atom is -0.191 e. The summed E-state index contributed by atoms with van der Waals surface area (Å²) in [6, 6.07) is 0.